The fraction of sp³-hybridized carbons (Fsp3) is 0.300. The molecule has 0 amide bonds. The van der Waals surface area contributed by atoms with Crippen LogP contribution in [0.15, 0.2) is 94.9 Å². The molecule has 180 valence electrons. The van der Waals surface area contributed by atoms with E-state index >= 15 is 0 Å². The SMILES string of the molecule is CC[C@@H]1O[C@H](CC)[C@@](C2=CC(OC(=O)c3ccccc3)=C(c3ccccc3)CC2)(c2ccsc2)O1. The van der Waals surface area contributed by atoms with Crippen LogP contribution in [0.3, 0.4) is 0 Å². The van der Waals surface area contributed by atoms with Gasteiger partial charge in [-0.2, -0.15) is 11.3 Å². The van der Waals surface area contributed by atoms with Gasteiger partial charge < -0.3 is 14.2 Å². The molecule has 0 bridgehead atoms. The lowest BCUT2D eigenvalue weighted by Crippen LogP contribution is -2.39. The molecule has 3 aromatic rings. The van der Waals surface area contributed by atoms with Gasteiger partial charge in [0.25, 0.3) is 0 Å². The predicted molar refractivity (Wildman–Crippen MR) is 139 cm³/mol. The molecule has 0 saturated carbocycles. The lowest BCUT2D eigenvalue weighted by molar-refractivity contribution is -0.0840. The van der Waals surface area contributed by atoms with Crippen LogP contribution >= 0.6 is 11.3 Å². The molecule has 0 radical (unpaired) electrons. The van der Waals surface area contributed by atoms with Gasteiger partial charge >= 0.3 is 5.97 Å². The van der Waals surface area contributed by atoms with Crippen molar-refractivity contribution in [1.29, 1.82) is 0 Å². The van der Waals surface area contributed by atoms with Crippen LogP contribution in [-0.2, 0) is 19.8 Å². The van der Waals surface area contributed by atoms with E-state index in [9.17, 15) is 4.79 Å². The minimum Gasteiger partial charge on any atom is -0.423 e. The van der Waals surface area contributed by atoms with E-state index < -0.39 is 5.60 Å². The first-order valence-electron chi connectivity index (χ1n) is 12.3. The Balaban J connectivity index is 1.62. The van der Waals surface area contributed by atoms with Crippen molar-refractivity contribution in [2.24, 2.45) is 0 Å². The number of esters is 1. The number of rotatable bonds is 7. The molecule has 0 spiro atoms. The molecule has 3 atom stereocenters. The van der Waals surface area contributed by atoms with E-state index in [1.807, 2.05) is 42.5 Å². The first-order chi connectivity index (χ1) is 17.2. The molecule has 2 aromatic carbocycles. The smallest absolute Gasteiger partial charge is 0.343 e. The van der Waals surface area contributed by atoms with Crippen molar-refractivity contribution in [2.75, 3.05) is 0 Å². The first-order valence-corrected chi connectivity index (χ1v) is 13.2. The molecule has 2 aliphatic rings. The van der Waals surface area contributed by atoms with Gasteiger partial charge in [-0.15, -0.1) is 0 Å². The predicted octanol–water partition coefficient (Wildman–Crippen LogP) is 7.49. The van der Waals surface area contributed by atoms with Crippen LogP contribution in [0.4, 0.5) is 0 Å². The Hall–Kier alpha value is -2.99. The standard InChI is InChI=1S/C30H30O4S/c1-3-27-30(24-17-18-35-20-24,34-28(4-2)33-27)23-15-16-25(21-11-7-5-8-12-21)26(19-23)32-29(31)22-13-9-6-10-14-22/h5-14,17-20,27-28H,3-4,15-16H2,1-2H3/t27-,28-,30-/m1/s1. The Kier molecular flexibility index (Phi) is 7.00. The van der Waals surface area contributed by atoms with Crippen molar-refractivity contribution in [1.82, 2.24) is 0 Å². The average Bonchev–Trinajstić information content (AvgIpc) is 3.58. The summed E-state index contributed by atoms with van der Waals surface area (Å²) in [5.41, 5.74) is 4.12. The van der Waals surface area contributed by atoms with Gasteiger partial charge in [0.15, 0.2) is 6.29 Å². The van der Waals surface area contributed by atoms with Crippen LogP contribution in [-0.4, -0.2) is 18.4 Å². The topological polar surface area (TPSA) is 44.8 Å². The van der Waals surface area contributed by atoms with Gasteiger partial charge in [0, 0.05) is 11.1 Å². The summed E-state index contributed by atoms with van der Waals surface area (Å²) in [6, 6.07) is 21.4. The second kappa shape index (κ2) is 10.3. The van der Waals surface area contributed by atoms with Crippen molar-refractivity contribution in [3.8, 4) is 0 Å². The molecule has 4 nitrogen and oxygen atoms in total. The number of carbonyl (C=O) groups excluding carboxylic acids is 1. The molecule has 5 heteroatoms. The Bertz CT molecular complexity index is 1210. The molecule has 0 N–H and O–H groups in total. The summed E-state index contributed by atoms with van der Waals surface area (Å²) >= 11 is 1.66. The quantitative estimate of drug-likeness (QED) is 0.325. The van der Waals surface area contributed by atoms with Crippen LogP contribution in [0.5, 0.6) is 0 Å². The summed E-state index contributed by atoms with van der Waals surface area (Å²) in [6.07, 6.45) is 4.79. The Morgan fingerprint density at radius 2 is 1.74 bits per heavy atom. The lowest BCUT2D eigenvalue weighted by Gasteiger charge is -2.37. The molecule has 1 aliphatic carbocycles. The number of hydrogen-bond donors (Lipinski definition) is 0. The number of hydrogen-bond acceptors (Lipinski definition) is 5. The fourth-order valence-electron chi connectivity index (χ4n) is 5.09. The van der Waals surface area contributed by atoms with E-state index in [1.165, 1.54) is 0 Å². The molecule has 35 heavy (non-hydrogen) atoms. The normalized spacial score (nSPS) is 24.3. The van der Waals surface area contributed by atoms with Crippen LogP contribution in [0.2, 0.25) is 0 Å². The summed E-state index contributed by atoms with van der Waals surface area (Å²) in [6.45, 7) is 4.22. The van der Waals surface area contributed by atoms with E-state index in [4.69, 9.17) is 14.2 Å². The van der Waals surface area contributed by atoms with E-state index in [-0.39, 0.29) is 18.4 Å². The number of thiophene rings is 1. The second-order valence-electron chi connectivity index (χ2n) is 8.87. The van der Waals surface area contributed by atoms with Gasteiger partial charge in [0.1, 0.15) is 11.4 Å². The zero-order valence-corrected chi connectivity index (χ0v) is 20.9. The van der Waals surface area contributed by atoms with Gasteiger partial charge in [0.05, 0.1) is 11.7 Å². The Morgan fingerprint density at radius 1 is 1.00 bits per heavy atom. The molecule has 1 saturated heterocycles. The fourth-order valence-corrected chi connectivity index (χ4v) is 5.80. The van der Waals surface area contributed by atoms with Crippen LogP contribution in [0.1, 0.15) is 61.0 Å². The number of carbonyl (C=O) groups is 1. The van der Waals surface area contributed by atoms with Crippen molar-refractivity contribution < 1.29 is 19.0 Å². The third kappa shape index (κ3) is 4.52. The van der Waals surface area contributed by atoms with Crippen LogP contribution in [0, 0.1) is 0 Å². The number of ether oxygens (including phenoxy) is 3. The maximum Gasteiger partial charge on any atom is 0.343 e. The second-order valence-corrected chi connectivity index (χ2v) is 9.65. The number of allylic oxidation sites excluding steroid dienone is 2. The van der Waals surface area contributed by atoms with E-state index in [0.29, 0.717) is 11.3 Å². The molecule has 1 fully saturated rings. The van der Waals surface area contributed by atoms with Crippen molar-refractivity contribution in [3.63, 3.8) is 0 Å². The summed E-state index contributed by atoms with van der Waals surface area (Å²) in [7, 11) is 0. The van der Waals surface area contributed by atoms with Gasteiger partial charge in [-0.1, -0.05) is 62.4 Å². The van der Waals surface area contributed by atoms with E-state index in [0.717, 1.165) is 48.0 Å². The minimum atomic E-state index is -0.692. The Morgan fingerprint density at radius 3 is 2.40 bits per heavy atom. The summed E-state index contributed by atoms with van der Waals surface area (Å²) < 4.78 is 19.2. The molecule has 0 unspecified atom stereocenters. The van der Waals surface area contributed by atoms with Gasteiger partial charge in [-0.05, 0) is 71.9 Å². The molecule has 1 aliphatic heterocycles. The molecular formula is C30H30O4S. The van der Waals surface area contributed by atoms with Crippen molar-refractivity contribution >= 4 is 22.9 Å². The average molecular weight is 487 g/mol. The summed E-state index contributed by atoms with van der Waals surface area (Å²) in [4.78, 5) is 13.1. The third-order valence-corrected chi connectivity index (χ3v) is 7.48. The summed E-state index contributed by atoms with van der Waals surface area (Å²) in [5.74, 6) is 0.220. The zero-order chi connectivity index (χ0) is 24.3. The number of benzene rings is 2. The third-order valence-electron chi connectivity index (χ3n) is 6.80. The first kappa shape index (κ1) is 23.7. The highest BCUT2D eigenvalue weighted by Gasteiger charge is 2.53. The van der Waals surface area contributed by atoms with Crippen molar-refractivity contribution in [2.45, 2.75) is 57.5 Å². The van der Waals surface area contributed by atoms with Gasteiger partial charge in [-0.25, -0.2) is 4.79 Å². The van der Waals surface area contributed by atoms with Gasteiger partial charge in [-0.3, -0.25) is 0 Å². The molecule has 2 heterocycles. The Labute approximate surface area is 210 Å². The highest BCUT2D eigenvalue weighted by molar-refractivity contribution is 7.08. The maximum atomic E-state index is 13.1. The monoisotopic (exact) mass is 486 g/mol. The minimum absolute atomic E-state index is 0.113. The molecule has 5 rings (SSSR count). The van der Waals surface area contributed by atoms with E-state index in [1.54, 1.807) is 23.5 Å². The van der Waals surface area contributed by atoms with E-state index in [2.05, 4.69) is 42.8 Å². The highest BCUT2D eigenvalue weighted by Crippen LogP contribution is 2.51. The van der Waals surface area contributed by atoms with Gasteiger partial charge in [0.2, 0.25) is 0 Å². The van der Waals surface area contributed by atoms with Crippen molar-refractivity contribution in [3.05, 3.63) is 112 Å². The highest BCUT2D eigenvalue weighted by atomic mass is 32.1. The molecule has 1 aromatic heterocycles. The largest absolute Gasteiger partial charge is 0.423 e. The molecular weight excluding hydrogens is 456 g/mol. The van der Waals surface area contributed by atoms with Crippen LogP contribution < -0.4 is 0 Å². The zero-order valence-electron chi connectivity index (χ0n) is 20.1. The van der Waals surface area contributed by atoms with Crippen LogP contribution in [0.25, 0.3) is 5.57 Å². The summed E-state index contributed by atoms with van der Waals surface area (Å²) in [5, 5.41) is 4.23. The lowest BCUT2D eigenvalue weighted by atomic mass is 9.76. The maximum absolute atomic E-state index is 13.1.